The molecule has 0 saturated heterocycles. The fourth-order valence-corrected chi connectivity index (χ4v) is 1.39. The van der Waals surface area contributed by atoms with E-state index in [4.69, 9.17) is 10.00 Å². The fourth-order valence-electron chi connectivity index (χ4n) is 1.39. The minimum Gasteiger partial charge on any atom is -0.461 e. The Labute approximate surface area is 91.7 Å². The summed E-state index contributed by atoms with van der Waals surface area (Å²) in [5.74, 6) is -0.418. The van der Waals surface area contributed by atoms with Crippen LogP contribution in [0.15, 0.2) is 18.3 Å². The minimum absolute atomic E-state index is 0.324. The van der Waals surface area contributed by atoms with Gasteiger partial charge < -0.3 is 9.72 Å². The fraction of sp³-hybridized carbons (Fsp3) is 0.182. The van der Waals surface area contributed by atoms with E-state index in [1.807, 2.05) is 6.07 Å². The smallest absolute Gasteiger partial charge is 0.354 e. The van der Waals surface area contributed by atoms with Gasteiger partial charge in [-0.15, -0.1) is 0 Å². The number of carbonyl (C=O) groups is 1. The second-order valence-corrected chi connectivity index (χ2v) is 3.17. The summed E-state index contributed by atoms with van der Waals surface area (Å²) in [6, 6.07) is 5.23. The molecule has 0 spiro atoms. The number of esters is 1. The predicted molar refractivity (Wildman–Crippen MR) is 56.8 cm³/mol. The lowest BCUT2D eigenvalue weighted by Gasteiger charge is -1.96. The van der Waals surface area contributed by atoms with E-state index in [1.54, 1.807) is 19.1 Å². The molecule has 0 atom stereocenters. The number of pyridine rings is 1. The van der Waals surface area contributed by atoms with Crippen molar-refractivity contribution in [2.45, 2.75) is 6.92 Å². The van der Waals surface area contributed by atoms with Crippen LogP contribution in [-0.2, 0) is 4.74 Å². The maximum Gasteiger partial charge on any atom is 0.354 e. The molecule has 0 unspecified atom stereocenters. The topological polar surface area (TPSA) is 78.8 Å². The molecule has 0 radical (unpaired) electrons. The van der Waals surface area contributed by atoms with Crippen molar-refractivity contribution in [1.82, 2.24) is 9.97 Å². The van der Waals surface area contributed by atoms with Crippen LogP contribution in [0.2, 0.25) is 0 Å². The van der Waals surface area contributed by atoms with Crippen LogP contribution >= 0.6 is 0 Å². The van der Waals surface area contributed by atoms with Crippen molar-refractivity contribution >= 4 is 17.0 Å². The Hall–Kier alpha value is -2.35. The highest BCUT2D eigenvalue weighted by Gasteiger charge is 2.10. The molecule has 16 heavy (non-hydrogen) atoms. The molecule has 5 nitrogen and oxygen atoms in total. The summed E-state index contributed by atoms with van der Waals surface area (Å²) in [4.78, 5) is 18.3. The molecule has 0 aliphatic rings. The Morgan fingerprint density at radius 3 is 3.12 bits per heavy atom. The van der Waals surface area contributed by atoms with Crippen LogP contribution in [0.3, 0.4) is 0 Å². The first-order chi connectivity index (χ1) is 7.74. The van der Waals surface area contributed by atoms with Crippen LogP contribution in [0.1, 0.15) is 23.0 Å². The lowest BCUT2D eigenvalue weighted by atomic mass is 10.3. The first kappa shape index (κ1) is 10.2. The van der Waals surface area contributed by atoms with E-state index in [1.165, 1.54) is 6.20 Å². The molecule has 2 rings (SSSR count). The number of ether oxygens (including phenoxy) is 1. The zero-order valence-corrected chi connectivity index (χ0v) is 8.65. The highest BCUT2D eigenvalue weighted by molar-refractivity contribution is 5.93. The van der Waals surface area contributed by atoms with Crippen LogP contribution in [-0.4, -0.2) is 22.5 Å². The number of hydrogen-bond acceptors (Lipinski definition) is 4. The van der Waals surface area contributed by atoms with Crippen molar-refractivity contribution in [2.75, 3.05) is 6.61 Å². The number of rotatable bonds is 2. The molecular formula is C11H9N3O2. The average molecular weight is 215 g/mol. The second kappa shape index (κ2) is 4.03. The van der Waals surface area contributed by atoms with Gasteiger partial charge in [0.05, 0.1) is 23.2 Å². The van der Waals surface area contributed by atoms with Gasteiger partial charge in [-0.1, -0.05) is 0 Å². The van der Waals surface area contributed by atoms with Gasteiger partial charge >= 0.3 is 5.97 Å². The van der Waals surface area contributed by atoms with Gasteiger partial charge in [-0.3, -0.25) is 4.98 Å². The quantitative estimate of drug-likeness (QED) is 0.772. The molecule has 0 bridgehead atoms. The van der Waals surface area contributed by atoms with E-state index >= 15 is 0 Å². The minimum atomic E-state index is -0.418. The summed E-state index contributed by atoms with van der Waals surface area (Å²) < 4.78 is 4.85. The Balaban J connectivity index is 2.44. The van der Waals surface area contributed by atoms with Crippen molar-refractivity contribution in [3.8, 4) is 6.07 Å². The lowest BCUT2D eigenvalue weighted by Crippen LogP contribution is -2.04. The van der Waals surface area contributed by atoms with Crippen molar-refractivity contribution < 1.29 is 9.53 Å². The SMILES string of the molecule is CCOC(=O)c1cc2ncc(C#N)cc2[nH]1. The van der Waals surface area contributed by atoms with Gasteiger partial charge in [-0.05, 0) is 19.1 Å². The van der Waals surface area contributed by atoms with E-state index in [2.05, 4.69) is 9.97 Å². The average Bonchev–Trinajstić information content (AvgIpc) is 2.71. The summed E-state index contributed by atoms with van der Waals surface area (Å²) in [7, 11) is 0. The number of aromatic amines is 1. The molecule has 0 fully saturated rings. The molecule has 5 heteroatoms. The summed E-state index contributed by atoms with van der Waals surface area (Å²) in [5, 5.41) is 8.70. The van der Waals surface area contributed by atoms with Crippen molar-refractivity contribution in [1.29, 1.82) is 5.26 Å². The molecule has 80 valence electrons. The predicted octanol–water partition coefficient (Wildman–Crippen LogP) is 1.61. The summed E-state index contributed by atoms with van der Waals surface area (Å²) >= 11 is 0. The molecule has 2 aromatic rings. The van der Waals surface area contributed by atoms with E-state index in [9.17, 15) is 4.79 Å². The molecule has 2 aromatic heterocycles. The van der Waals surface area contributed by atoms with Crippen molar-refractivity contribution in [3.63, 3.8) is 0 Å². The number of fused-ring (bicyclic) bond motifs is 1. The normalized spacial score (nSPS) is 10.0. The molecular weight excluding hydrogens is 206 g/mol. The van der Waals surface area contributed by atoms with Gasteiger partial charge in [0.1, 0.15) is 11.8 Å². The molecule has 2 heterocycles. The zero-order chi connectivity index (χ0) is 11.5. The van der Waals surface area contributed by atoms with Crippen molar-refractivity contribution in [3.05, 3.63) is 29.6 Å². The number of nitrogens with one attached hydrogen (secondary N) is 1. The van der Waals surface area contributed by atoms with Gasteiger partial charge in [-0.25, -0.2) is 4.79 Å². The third-order valence-electron chi connectivity index (χ3n) is 2.09. The van der Waals surface area contributed by atoms with E-state index in [0.29, 0.717) is 28.9 Å². The van der Waals surface area contributed by atoms with Gasteiger partial charge in [0, 0.05) is 6.20 Å². The maximum atomic E-state index is 11.4. The van der Waals surface area contributed by atoms with E-state index in [0.717, 1.165) is 0 Å². The van der Waals surface area contributed by atoms with Gasteiger partial charge in [0.15, 0.2) is 0 Å². The number of carbonyl (C=O) groups excluding carboxylic acids is 1. The zero-order valence-electron chi connectivity index (χ0n) is 8.65. The molecule has 0 saturated carbocycles. The Morgan fingerprint density at radius 2 is 2.44 bits per heavy atom. The van der Waals surface area contributed by atoms with Gasteiger partial charge in [-0.2, -0.15) is 5.26 Å². The number of aromatic nitrogens is 2. The van der Waals surface area contributed by atoms with E-state index < -0.39 is 5.97 Å². The summed E-state index contributed by atoms with van der Waals surface area (Å²) in [5.41, 5.74) is 2.09. The highest BCUT2D eigenvalue weighted by atomic mass is 16.5. The van der Waals surface area contributed by atoms with E-state index in [-0.39, 0.29) is 0 Å². The molecule has 0 amide bonds. The third-order valence-corrected chi connectivity index (χ3v) is 2.09. The molecule has 0 aromatic carbocycles. The summed E-state index contributed by atoms with van der Waals surface area (Å²) in [6.45, 7) is 2.07. The van der Waals surface area contributed by atoms with Crippen LogP contribution < -0.4 is 0 Å². The molecule has 1 N–H and O–H groups in total. The Morgan fingerprint density at radius 1 is 1.62 bits per heavy atom. The highest BCUT2D eigenvalue weighted by Crippen LogP contribution is 2.14. The third kappa shape index (κ3) is 1.73. The number of hydrogen-bond donors (Lipinski definition) is 1. The van der Waals surface area contributed by atoms with Crippen LogP contribution in [0.5, 0.6) is 0 Å². The first-order valence-electron chi connectivity index (χ1n) is 4.80. The molecule has 0 aliphatic carbocycles. The Bertz CT molecular complexity index is 580. The van der Waals surface area contributed by atoms with Crippen molar-refractivity contribution in [2.24, 2.45) is 0 Å². The maximum absolute atomic E-state index is 11.4. The second-order valence-electron chi connectivity index (χ2n) is 3.17. The van der Waals surface area contributed by atoms with Crippen LogP contribution in [0, 0.1) is 11.3 Å². The largest absolute Gasteiger partial charge is 0.461 e. The van der Waals surface area contributed by atoms with Gasteiger partial charge in [0.25, 0.3) is 0 Å². The number of H-pyrrole nitrogens is 1. The monoisotopic (exact) mass is 215 g/mol. The Kier molecular flexibility index (Phi) is 2.56. The first-order valence-corrected chi connectivity index (χ1v) is 4.80. The number of nitriles is 1. The van der Waals surface area contributed by atoms with Crippen LogP contribution in [0.4, 0.5) is 0 Å². The van der Waals surface area contributed by atoms with Gasteiger partial charge in [0.2, 0.25) is 0 Å². The standard InChI is InChI=1S/C11H9N3O2/c1-2-16-11(15)10-4-8-9(14-10)3-7(5-12)6-13-8/h3-4,6,14H,2H2,1H3. The molecule has 0 aliphatic heterocycles. The number of nitrogens with zero attached hydrogens (tertiary/aromatic N) is 2. The van der Waals surface area contributed by atoms with Crippen LogP contribution in [0.25, 0.3) is 11.0 Å². The lowest BCUT2D eigenvalue weighted by molar-refractivity contribution is 0.0520. The summed E-state index contributed by atoms with van der Waals surface area (Å²) in [6.07, 6.45) is 1.46.